The van der Waals surface area contributed by atoms with Crippen LogP contribution < -0.4 is 15.8 Å². The van der Waals surface area contributed by atoms with Crippen LogP contribution in [0.25, 0.3) is 0 Å². The highest BCUT2D eigenvalue weighted by molar-refractivity contribution is 5.92. The fourth-order valence-corrected chi connectivity index (χ4v) is 2.93. The Balaban J connectivity index is 1.65. The Hall–Kier alpha value is -1.71. The number of nitrogens with one attached hydrogen (secondary N) is 1. The lowest BCUT2D eigenvalue weighted by atomic mass is 10.0. The van der Waals surface area contributed by atoms with E-state index in [1.807, 2.05) is 24.3 Å². The first-order valence-electron chi connectivity index (χ1n) is 7.99. The van der Waals surface area contributed by atoms with E-state index >= 15 is 0 Å². The van der Waals surface area contributed by atoms with Gasteiger partial charge in [0.2, 0.25) is 0 Å². The molecule has 1 aromatic carbocycles. The molecule has 0 amide bonds. The molecule has 2 rings (SSSR count). The number of nitrogens with two attached hydrogens (primary N) is 1. The quantitative estimate of drug-likeness (QED) is 0.456. The van der Waals surface area contributed by atoms with Crippen molar-refractivity contribution >= 4 is 11.6 Å². The van der Waals surface area contributed by atoms with E-state index in [9.17, 15) is 0 Å². The van der Waals surface area contributed by atoms with Crippen molar-refractivity contribution in [3.05, 3.63) is 24.3 Å². The molecule has 0 unspecified atom stereocenters. The van der Waals surface area contributed by atoms with Crippen molar-refractivity contribution in [1.82, 2.24) is 0 Å². The molecule has 0 aromatic heterocycles. The van der Waals surface area contributed by atoms with Gasteiger partial charge in [0.1, 0.15) is 5.75 Å². The Labute approximate surface area is 127 Å². The molecule has 116 valence electrons. The molecule has 1 saturated carbocycles. The molecular formula is C17H27N3O. The second-order valence-corrected chi connectivity index (χ2v) is 5.77. The van der Waals surface area contributed by atoms with Gasteiger partial charge >= 0.3 is 0 Å². The smallest absolute Gasteiger partial charge is 0.193 e. The average molecular weight is 289 g/mol. The topological polar surface area (TPSA) is 59.6 Å². The molecule has 1 aliphatic rings. The summed E-state index contributed by atoms with van der Waals surface area (Å²) in [7, 11) is 1.65. The van der Waals surface area contributed by atoms with Crippen molar-refractivity contribution in [2.24, 2.45) is 16.6 Å². The van der Waals surface area contributed by atoms with Gasteiger partial charge in [0.25, 0.3) is 0 Å². The maximum Gasteiger partial charge on any atom is 0.193 e. The van der Waals surface area contributed by atoms with Gasteiger partial charge in [0.05, 0.1) is 7.11 Å². The number of hydrogen-bond acceptors (Lipinski definition) is 2. The molecule has 0 atom stereocenters. The molecule has 21 heavy (non-hydrogen) atoms. The molecule has 0 aliphatic heterocycles. The van der Waals surface area contributed by atoms with Crippen LogP contribution in [0.4, 0.5) is 5.69 Å². The summed E-state index contributed by atoms with van der Waals surface area (Å²) in [5, 5.41) is 3.10. The Morgan fingerprint density at radius 3 is 2.90 bits per heavy atom. The summed E-state index contributed by atoms with van der Waals surface area (Å²) in [5.74, 6) is 2.26. The fraction of sp³-hybridized carbons (Fsp3) is 0.588. The lowest BCUT2D eigenvalue weighted by Gasteiger charge is -2.08. The third-order valence-corrected chi connectivity index (χ3v) is 4.12. The summed E-state index contributed by atoms with van der Waals surface area (Å²) in [4.78, 5) is 4.38. The molecular weight excluding hydrogens is 262 g/mol. The Morgan fingerprint density at radius 1 is 1.33 bits per heavy atom. The van der Waals surface area contributed by atoms with E-state index in [-0.39, 0.29) is 0 Å². The van der Waals surface area contributed by atoms with Gasteiger partial charge in [-0.1, -0.05) is 44.6 Å². The number of nitrogens with zero attached hydrogens (tertiary/aromatic N) is 1. The predicted octanol–water partition coefficient (Wildman–Crippen LogP) is 3.78. The fourth-order valence-electron chi connectivity index (χ4n) is 2.93. The van der Waals surface area contributed by atoms with Crippen molar-refractivity contribution in [2.45, 2.75) is 44.9 Å². The highest BCUT2D eigenvalue weighted by Gasteiger charge is 2.13. The van der Waals surface area contributed by atoms with Gasteiger partial charge in [0, 0.05) is 18.3 Å². The van der Waals surface area contributed by atoms with E-state index in [1.54, 1.807) is 7.11 Å². The molecule has 1 aromatic rings. The maximum atomic E-state index is 5.90. The van der Waals surface area contributed by atoms with Gasteiger partial charge in [-0.15, -0.1) is 0 Å². The average Bonchev–Trinajstić information content (AvgIpc) is 3.00. The Morgan fingerprint density at radius 2 is 2.14 bits per heavy atom. The highest BCUT2D eigenvalue weighted by atomic mass is 16.5. The second kappa shape index (κ2) is 8.55. The summed E-state index contributed by atoms with van der Waals surface area (Å²) >= 11 is 0. The predicted molar refractivity (Wildman–Crippen MR) is 88.9 cm³/mol. The van der Waals surface area contributed by atoms with Crippen molar-refractivity contribution in [3.63, 3.8) is 0 Å². The molecule has 0 saturated heterocycles. The first-order chi connectivity index (χ1) is 10.3. The number of unbranched alkanes of at least 4 members (excludes halogenated alkanes) is 1. The SMILES string of the molecule is COc1cccc(NC(N)=NCCCCC2CCCC2)c1. The Bertz CT molecular complexity index is 453. The van der Waals surface area contributed by atoms with E-state index in [0.717, 1.165) is 30.3 Å². The molecule has 0 bridgehead atoms. The monoisotopic (exact) mass is 289 g/mol. The highest BCUT2D eigenvalue weighted by Crippen LogP contribution is 2.28. The zero-order valence-electron chi connectivity index (χ0n) is 13.0. The van der Waals surface area contributed by atoms with Crippen molar-refractivity contribution in [3.8, 4) is 5.75 Å². The lowest BCUT2D eigenvalue weighted by molar-refractivity contribution is 0.415. The summed E-state index contributed by atoms with van der Waals surface area (Å²) in [6.45, 7) is 0.801. The summed E-state index contributed by atoms with van der Waals surface area (Å²) in [6, 6.07) is 7.69. The first-order valence-corrected chi connectivity index (χ1v) is 7.99. The van der Waals surface area contributed by atoms with Gasteiger partial charge in [-0.25, -0.2) is 0 Å². The van der Waals surface area contributed by atoms with E-state index < -0.39 is 0 Å². The van der Waals surface area contributed by atoms with Crippen LogP contribution in [0.5, 0.6) is 5.75 Å². The van der Waals surface area contributed by atoms with Gasteiger partial charge in [-0.3, -0.25) is 4.99 Å². The third kappa shape index (κ3) is 5.66. The van der Waals surface area contributed by atoms with Gasteiger partial charge in [-0.2, -0.15) is 0 Å². The maximum absolute atomic E-state index is 5.90. The number of hydrogen-bond donors (Lipinski definition) is 2. The number of guanidine groups is 1. The van der Waals surface area contributed by atoms with Crippen LogP contribution in [0.3, 0.4) is 0 Å². The number of benzene rings is 1. The number of ether oxygens (including phenoxy) is 1. The zero-order chi connectivity index (χ0) is 14.9. The minimum atomic E-state index is 0.476. The van der Waals surface area contributed by atoms with Crippen LogP contribution in [0.1, 0.15) is 44.9 Å². The van der Waals surface area contributed by atoms with Crippen molar-refractivity contribution in [1.29, 1.82) is 0 Å². The third-order valence-electron chi connectivity index (χ3n) is 4.12. The summed E-state index contributed by atoms with van der Waals surface area (Å²) in [6.07, 6.45) is 9.47. The van der Waals surface area contributed by atoms with Gasteiger partial charge < -0.3 is 15.8 Å². The van der Waals surface area contributed by atoms with E-state index in [4.69, 9.17) is 10.5 Å². The second-order valence-electron chi connectivity index (χ2n) is 5.77. The van der Waals surface area contributed by atoms with Crippen LogP contribution in [0.2, 0.25) is 0 Å². The molecule has 0 radical (unpaired) electrons. The molecule has 0 spiro atoms. The van der Waals surface area contributed by atoms with Crippen LogP contribution in [-0.2, 0) is 0 Å². The number of anilines is 1. The molecule has 1 aliphatic carbocycles. The largest absolute Gasteiger partial charge is 0.497 e. The molecule has 3 N–H and O–H groups in total. The molecule has 1 fully saturated rings. The van der Waals surface area contributed by atoms with Crippen LogP contribution >= 0.6 is 0 Å². The van der Waals surface area contributed by atoms with Crippen molar-refractivity contribution in [2.75, 3.05) is 19.0 Å². The van der Waals surface area contributed by atoms with E-state index in [2.05, 4.69) is 10.3 Å². The van der Waals surface area contributed by atoms with Gasteiger partial charge in [-0.05, 0) is 24.5 Å². The summed E-state index contributed by atoms with van der Waals surface area (Å²) < 4.78 is 5.18. The van der Waals surface area contributed by atoms with Crippen LogP contribution in [0, 0.1) is 5.92 Å². The van der Waals surface area contributed by atoms with E-state index in [0.29, 0.717) is 5.96 Å². The first kappa shape index (κ1) is 15.7. The Kier molecular flexibility index (Phi) is 6.38. The van der Waals surface area contributed by atoms with E-state index in [1.165, 1.54) is 38.5 Å². The normalized spacial score (nSPS) is 16.1. The van der Waals surface area contributed by atoms with Crippen LogP contribution in [0.15, 0.2) is 29.3 Å². The number of rotatable bonds is 7. The molecule has 0 heterocycles. The molecule has 4 heteroatoms. The summed E-state index contributed by atoms with van der Waals surface area (Å²) in [5.41, 5.74) is 6.80. The number of aliphatic imine (C=N–C) groups is 1. The lowest BCUT2D eigenvalue weighted by Crippen LogP contribution is -2.22. The van der Waals surface area contributed by atoms with Crippen LogP contribution in [-0.4, -0.2) is 19.6 Å². The van der Waals surface area contributed by atoms with Crippen molar-refractivity contribution < 1.29 is 4.74 Å². The van der Waals surface area contributed by atoms with Gasteiger partial charge in [0.15, 0.2) is 5.96 Å². The minimum Gasteiger partial charge on any atom is -0.497 e. The minimum absolute atomic E-state index is 0.476. The number of methoxy groups -OCH3 is 1. The molecule has 4 nitrogen and oxygen atoms in total. The standard InChI is InChI=1S/C17H27N3O/c1-21-16-11-6-10-15(13-16)20-17(18)19-12-5-4-9-14-7-2-3-8-14/h6,10-11,13-14H,2-5,7-9,12H2,1H3,(H3,18,19,20). The zero-order valence-corrected chi connectivity index (χ0v) is 13.0.